The molecule has 0 saturated carbocycles. The Morgan fingerprint density at radius 1 is 1.14 bits per heavy atom. The maximum absolute atomic E-state index is 5.83. The third kappa shape index (κ3) is 2.27. The fourth-order valence-electron chi connectivity index (χ4n) is 2.77. The van der Waals surface area contributed by atoms with Crippen LogP contribution in [0.3, 0.4) is 0 Å². The number of ether oxygens (including phenoxy) is 1. The summed E-state index contributed by atoms with van der Waals surface area (Å²) in [4.78, 5) is 2.64. The Morgan fingerprint density at radius 3 is 2.64 bits per heavy atom. The Bertz CT molecular complexity index is 169. The molecular formula is C11H22N2O. The van der Waals surface area contributed by atoms with E-state index >= 15 is 0 Å². The predicted molar refractivity (Wildman–Crippen MR) is 57.2 cm³/mol. The van der Waals surface area contributed by atoms with E-state index in [0.717, 1.165) is 25.8 Å². The van der Waals surface area contributed by atoms with Crippen LogP contribution in [-0.4, -0.2) is 43.3 Å². The van der Waals surface area contributed by atoms with Crippen LogP contribution in [0.4, 0.5) is 0 Å². The number of hydrogen-bond donors (Lipinski definition) is 1. The van der Waals surface area contributed by atoms with Crippen molar-refractivity contribution in [1.29, 1.82) is 0 Å². The second-order valence-corrected chi connectivity index (χ2v) is 4.47. The summed E-state index contributed by atoms with van der Waals surface area (Å²) in [5, 5.41) is 0. The molecule has 2 fully saturated rings. The van der Waals surface area contributed by atoms with Crippen LogP contribution in [0.5, 0.6) is 0 Å². The number of nitrogens with two attached hydrogens (primary N) is 1. The molecule has 82 valence electrons. The van der Waals surface area contributed by atoms with Gasteiger partial charge in [0.25, 0.3) is 0 Å². The number of rotatable bonds is 2. The van der Waals surface area contributed by atoms with Crippen LogP contribution in [0.25, 0.3) is 0 Å². The van der Waals surface area contributed by atoms with Gasteiger partial charge in [-0.2, -0.15) is 0 Å². The van der Waals surface area contributed by atoms with E-state index in [1.54, 1.807) is 0 Å². The molecule has 0 aromatic heterocycles. The number of nitrogens with zero attached hydrogens (tertiary/aromatic N) is 1. The Kier molecular flexibility index (Phi) is 3.79. The van der Waals surface area contributed by atoms with Gasteiger partial charge >= 0.3 is 0 Å². The lowest BCUT2D eigenvalue weighted by atomic mass is 9.96. The van der Waals surface area contributed by atoms with E-state index in [0.29, 0.717) is 6.04 Å². The maximum Gasteiger partial charge on any atom is 0.0480 e. The van der Waals surface area contributed by atoms with Crippen molar-refractivity contribution in [3.63, 3.8) is 0 Å². The van der Waals surface area contributed by atoms with Gasteiger partial charge < -0.3 is 10.5 Å². The zero-order valence-electron chi connectivity index (χ0n) is 8.95. The van der Waals surface area contributed by atoms with Gasteiger partial charge in [-0.25, -0.2) is 0 Å². The Balaban J connectivity index is 1.91. The lowest BCUT2D eigenvalue weighted by Gasteiger charge is -2.42. The molecule has 2 saturated heterocycles. The fraction of sp³-hybridized carbons (Fsp3) is 1.00. The van der Waals surface area contributed by atoms with Crippen molar-refractivity contribution >= 4 is 0 Å². The molecule has 0 aromatic rings. The topological polar surface area (TPSA) is 38.5 Å². The molecule has 0 aromatic carbocycles. The summed E-state index contributed by atoms with van der Waals surface area (Å²) in [6, 6.07) is 1.39. The number of likely N-dealkylation sites (tertiary alicyclic amines) is 1. The van der Waals surface area contributed by atoms with Crippen molar-refractivity contribution in [2.45, 2.75) is 44.2 Å². The number of hydrogen-bond acceptors (Lipinski definition) is 3. The van der Waals surface area contributed by atoms with E-state index in [1.165, 1.54) is 38.6 Å². The normalized spacial score (nSPS) is 31.9. The van der Waals surface area contributed by atoms with Crippen molar-refractivity contribution in [3.05, 3.63) is 0 Å². The molecule has 0 aliphatic carbocycles. The van der Waals surface area contributed by atoms with Crippen LogP contribution in [0.2, 0.25) is 0 Å². The smallest absolute Gasteiger partial charge is 0.0480 e. The van der Waals surface area contributed by atoms with Crippen LogP contribution >= 0.6 is 0 Å². The van der Waals surface area contributed by atoms with E-state index in [1.807, 2.05) is 0 Å². The third-order valence-corrected chi connectivity index (χ3v) is 3.60. The van der Waals surface area contributed by atoms with Gasteiger partial charge in [0.2, 0.25) is 0 Å². The highest BCUT2D eigenvalue weighted by molar-refractivity contribution is 4.84. The molecular weight excluding hydrogens is 176 g/mol. The molecule has 2 heterocycles. The second-order valence-electron chi connectivity index (χ2n) is 4.47. The van der Waals surface area contributed by atoms with Crippen molar-refractivity contribution in [3.8, 4) is 0 Å². The third-order valence-electron chi connectivity index (χ3n) is 3.60. The average Bonchev–Trinajstić information content (AvgIpc) is 2.30. The van der Waals surface area contributed by atoms with Crippen molar-refractivity contribution in [2.75, 3.05) is 26.3 Å². The monoisotopic (exact) mass is 198 g/mol. The minimum Gasteiger partial charge on any atom is -0.381 e. The summed E-state index contributed by atoms with van der Waals surface area (Å²) < 4.78 is 5.40. The highest BCUT2D eigenvalue weighted by atomic mass is 16.5. The molecule has 1 unspecified atom stereocenters. The van der Waals surface area contributed by atoms with E-state index in [2.05, 4.69) is 4.90 Å². The minimum atomic E-state index is 0.645. The molecule has 3 nitrogen and oxygen atoms in total. The molecule has 14 heavy (non-hydrogen) atoms. The number of piperidine rings is 1. The Hall–Kier alpha value is -0.120. The molecule has 2 rings (SSSR count). The molecule has 1 atom stereocenters. The lowest BCUT2D eigenvalue weighted by molar-refractivity contribution is 0.00676. The lowest BCUT2D eigenvalue weighted by Crippen LogP contribution is -2.51. The first-order valence-electron chi connectivity index (χ1n) is 5.95. The van der Waals surface area contributed by atoms with Gasteiger partial charge in [0.05, 0.1) is 0 Å². The molecule has 2 N–H and O–H groups in total. The standard InChI is InChI=1S/C11H22N2O/c12-9-11-3-1-2-6-13(11)10-4-7-14-8-5-10/h10-11H,1-9,12H2. The highest BCUT2D eigenvalue weighted by Gasteiger charge is 2.28. The van der Waals surface area contributed by atoms with Crippen LogP contribution in [0, 0.1) is 0 Å². The molecule has 0 amide bonds. The second kappa shape index (κ2) is 5.10. The largest absolute Gasteiger partial charge is 0.381 e. The fourth-order valence-corrected chi connectivity index (χ4v) is 2.77. The minimum absolute atomic E-state index is 0.645. The van der Waals surface area contributed by atoms with Gasteiger partial charge in [0.15, 0.2) is 0 Å². The van der Waals surface area contributed by atoms with Crippen molar-refractivity contribution < 1.29 is 4.74 Å². The van der Waals surface area contributed by atoms with E-state index in [4.69, 9.17) is 10.5 Å². The van der Waals surface area contributed by atoms with Crippen LogP contribution in [0.15, 0.2) is 0 Å². The summed E-state index contributed by atoms with van der Waals surface area (Å²) in [5.74, 6) is 0. The first kappa shape index (κ1) is 10.4. The molecule has 3 heteroatoms. The van der Waals surface area contributed by atoms with Gasteiger partial charge in [-0.05, 0) is 32.2 Å². The van der Waals surface area contributed by atoms with E-state index in [9.17, 15) is 0 Å². The summed E-state index contributed by atoms with van der Waals surface area (Å²) in [5.41, 5.74) is 5.83. The van der Waals surface area contributed by atoms with Crippen LogP contribution in [0.1, 0.15) is 32.1 Å². The molecule has 0 spiro atoms. The highest BCUT2D eigenvalue weighted by Crippen LogP contribution is 2.23. The van der Waals surface area contributed by atoms with Gasteiger partial charge in [-0.3, -0.25) is 4.90 Å². The average molecular weight is 198 g/mol. The first-order valence-corrected chi connectivity index (χ1v) is 5.95. The molecule has 0 radical (unpaired) electrons. The van der Waals surface area contributed by atoms with Crippen molar-refractivity contribution in [1.82, 2.24) is 4.90 Å². The first-order chi connectivity index (χ1) is 6.92. The van der Waals surface area contributed by atoms with Gasteiger partial charge in [-0.1, -0.05) is 6.42 Å². The molecule has 2 aliphatic rings. The molecule has 0 bridgehead atoms. The summed E-state index contributed by atoms with van der Waals surface area (Å²) in [6.07, 6.45) is 6.43. The van der Waals surface area contributed by atoms with Crippen LogP contribution < -0.4 is 5.73 Å². The van der Waals surface area contributed by atoms with Crippen LogP contribution in [-0.2, 0) is 4.74 Å². The Labute approximate surface area is 86.6 Å². The summed E-state index contributed by atoms with van der Waals surface area (Å²) in [7, 11) is 0. The Morgan fingerprint density at radius 2 is 1.93 bits per heavy atom. The van der Waals surface area contributed by atoms with E-state index in [-0.39, 0.29) is 0 Å². The summed E-state index contributed by atoms with van der Waals surface area (Å²) >= 11 is 0. The SMILES string of the molecule is NCC1CCCCN1C1CCOCC1. The maximum atomic E-state index is 5.83. The van der Waals surface area contributed by atoms with Gasteiger partial charge in [-0.15, -0.1) is 0 Å². The summed E-state index contributed by atoms with van der Waals surface area (Å²) in [6.45, 7) is 3.97. The molecule has 2 aliphatic heterocycles. The van der Waals surface area contributed by atoms with Crippen molar-refractivity contribution in [2.24, 2.45) is 5.73 Å². The zero-order chi connectivity index (χ0) is 9.80. The van der Waals surface area contributed by atoms with E-state index < -0.39 is 0 Å². The van der Waals surface area contributed by atoms with Gasteiger partial charge in [0, 0.05) is 31.8 Å². The zero-order valence-corrected chi connectivity index (χ0v) is 8.95. The predicted octanol–water partition coefficient (Wildman–Crippen LogP) is 0.979. The van der Waals surface area contributed by atoms with Gasteiger partial charge in [0.1, 0.15) is 0 Å². The quantitative estimate of drug-likeness (QED) is 0.719.